The average Bonchev–Trinajstić information content (AvgIpc) is 2.32. The molecule has 88 valence electrons. The maximum absolute atomic E-state index is 13.0. The van der Waals surface area contributed by atoms with Crippen molar-refractivity contribution in [2.75, 3.05) is 5.32 Å². The summed E-state index contributed by atoms with van der Waals surface area (Å²) in [5.41, 5.74) is 2.96. The second-order valence-corrected chi connectivity index (χ2v) is 4.59. The number of rotatable bonds is 3. The fraction of sp³-hybridized carbons (Fsp3) is 0.154. The van der Waals surface area contributed by atoms with Crippen LogP contribution in [0.25, 0.3) is 0 Å². The number of hydrogen-bond acceptors (Lipinski definition) is 2. The lowest BCUT2D eigenvalue weighted by atomic mass is 10.2. The molecule has 0 spiro atoms. The minimum absolute atomic E-state index is 0.244. The van der Waals surface area contributed by atoms with Crippen molar-refractivity contribution in [1.82, 2.24) is 4.98 Å². The molecule has 0 radical (unpaired) electrons. The standard InChI is InChI=1S/C13H12BrFN2/c1-9-13(3-2-6-16-9)17-8-10-4-5-12(15)11(14)7-10/h2-7,17H,8H2,1H3. The Morgan fingerprint density at radius 2 is 2.18 bits per heavy atom. The Morgan fingerprint density at radius 1 is 1.35 bits per heavy atom. The number of hydrogen-bond donors (Lipinski definition) is 1. The number of nitrogens with one attached hydrogen (secondary N) is 1. The van der Waals surface area contributed by atoms with Crippen LogP contribution in [0.4, 0.5) is 10.1 Å². The molecule has 4 heteroatoms. The van der Waals surface area contributed by atoms with Crippen LogP contribution in [0, 0.1) is 12.7 Å². The van der Waals surface area contributed by atoms with Crippen LogP contribution in [0.15, 0.2) is 41.0 Å². The summed E-state index contributed by atoms with van der Waals surface area (Å²) in [5, 5.41) is 3.27. The quantitative estimate of drug-likeness (QED) is 0.928. The van der Waals surface area contributed by atoms with Crippen molar-refractivity contribution in [2.45, 2.75) is 13.5 Å². The molecule has 2 nitrogen and oxygen atoms in total. The van der Waals surface area contributed by atoms with Gasteiger partial charge in [0, 0.05) is 12.7 Å². The minimum atomic E-state index is -0.244. The highest BCUT2D eigenvalue weighted by molar-refractivity contribution is 9.10. The van der Waals surface area contributed by atoms with Gasteiger partial charge in [0.2, 0.25) is 0 Å². The SMILES string of the molecule is Cc1ncccc1NCc1ccc(F)c(Br)c1. The molecule has 1 aromatic carbocycles. The van der Waals surface area contributed by atoms with Crippen molar-refractivity contribution in [3.63, 3.8) is 0 Å². The third kappa shape index (κ3) is 3.03. The Labute approximate surface area is 108 Å². The lowest BCUT2D eigenvalue weighted by molar-refractivity contribution is 0.620. The van der Waals surface area contributed by atoms with E-state index in [-0.39, 0.29) is 5.82 Å². The van der Waals surface area contributed by atoms with Crippen LogP contribution in [0.5, 0.6) is 0 Å². The van der Waals surface area contributed by atoms with Crippen molar-refractivity contribution in [3.8, 4) is 0 Å². The number of nitrogens with zero attached hydrogens (tertiary/aromatic N) is 1. The first kappa shape index (κ1) is 12.0. The van der Waals surface area contributed by atoms with Crippen molar-refractivity contribution in [1.29, 1.82) is 0 Å². The second-order valence-electron chi connectivity index (χ2n) is 3.74. The van der Waals surface area contributed by atoms with Crippen molar-refractivity contribution >= 4 is 21.6 Å². The number of pyridine rings is 1. The molecule has 0 saturated heterocycles. The van der Waals surface area contributed by atoms with Gasteiger partial charge < -0.3 is 5.32 Å². The number of aryl methyl sites for hydroxylation is 1. The minimum Gasteiger partial charge on any atom is -0.380 e. The molecule has 0 aliphatic heterocycles. The van der Waals surface area contributed by atoms with E-state index >= 15 is 0 Å². The molecule has 0 aliphatic rings. The van der Waals surface area contributed by atoms with Gasteiger partial charge in [-0.05, 0) is 52.7 Å². The van der Waals surface area contributed by atoms with Gasteiger partial charge in [0.25, 0.3) is 0 Å². The van der Waals surface area contributed by atoms with Crippen molar-refractivity contribution in [3.05, 3.63) is 58.1 Å². The van der Waals surface area contributed by atoms with Gasteiger partial charge in [-0.3, -0.25) is 4.98 Å². The average molecular weight is 295 g/mol. The Morgan fingerprint density at radius 3 is 2.88 bits per heavy atom. The Bertz CT molecular complexity index is 529. The molecule has 1 N–H and O–H groups in total. The summed E-state index contributed by atoms with van der Waals surface area (Å²) in [6.45, 7) is 2.59. The van der Waals surface area contributed by atoms with Crippen LogP contribution in [0.1, 0.15) is 11.3 Å². The highest BCUT2D eigenvalue weighted by Gasteiger charge is 2.01. The lowest BCUT2D eigenvalue weighted by Crippen LogP contribution is -2.02. The van der Waals surface area contributed by atoms with E-state index in [1.807, 2.05) is 19.1 Å². The van der Waals surface area contributed by atoms with Crippen molar-refractivity contribution in [2.24, 2.45) is 0 Å². The van der Waals surface area contributed by atoms with Crippen LogP contribution in [0.2, 0.25) is 0 Å². The summed E-state index contributed by atoms with van der Waals surface area (Å²) in [6, 6.07) is 8.85. The van der Waals surface area contributed by atoms with Crippen LogP contribution in [0.3, 0.4) is 0 Å². The van der Waals surface area contributed by atoms with Crippen LogP contribution in [-0.4, -0.2) is 4.98 Å². The van der Waals surface area contributed by atoms with Gasteiger partial charge in [-0.1, -0.05) is 6.07 Å². The molecule has 0 atom stereocenters. The zero-order valence-electron chi connectivity index (χ0n) is 9.37. The van der Waals surface area contributed by atoms with E-state index in [9.17, 15) is 4.39 Å². The number of benzene rings is 1. The first-order valence-corrected chi connectivity index (χ1v) is 6.05. The van der Waals surface area contributed by atoms with Crippen LogP contribution < -0.4 is 5.32 Å². The second kappa shape index (κ2) is 5.27. The lowest BCUT2D eigenvalue weighted by Gasteiger charge is -2.09. The van der Waals surface area contributed by atoms with Crippen molar-refractivity contribution < 1.29 is 4.39 Å². The van der Waals surface area contributed by atoms with Gasteiger partial charge in [-0.15, -0.1) is 0 Å². The molecular formula is C13H12BrFN2. The zero-order valence-corrected chi connectivity index (χ0v) is 11.0. The topological polar surface area (TPSA) is 24.9 Å². The van der Waals surface area contributed by atoms with E-state index in [0.29, 0.717) is 11.0 Å². The molecule has 0 amide bonds. The molecule has 1 aromatic heterocycles. The fourth-order valence-electron chi connectivity index (χ4n) is 1.52. The fourth-order valence-corrected chi connectivity index (χ4v) is 1.94. The Kier molecular flexibility index (Phi) is 3.74. The summed E-state index contributed by atoms with van der Waals surface area (Å²) in [6.07, 6.45) is 1.76. The van der Waals surface area contributed by atoms with Gasteiger partial charge in [0.15, 0.2) is 0 Å². The number of aromatic nitrogens is 1. The van der Waals surface area contributed by atoms with Crippen LogP contribution in [-0.2, 0) is 6.54 Å². The van der Waals surface area contributed by atoms with Gasteiger partial charge in [-0.25, -0.2) is 4.39 Å². The maximum atomic E-state index is 13.0. The predicted molar refractivity (Wildman–Crippen MR) is 70.4 cm³/mol. The maximum Gasteiger partial charge on any atom is 0.137 e. The summed E-state index contributed by atoms with van der Waals surface area (Å²) in [7, 11) is 0. The largest absolute Gasteiger partial charge is 0.380 e. The highest BCUT2D eigenvalue weighted by atomic mass is 79.9. The molecule has 1 heterocycles. The highest BCUT2D eigenvalue weighted by Crippen LogP contribution is 2.18. The van der Waals surface area contributed by atoms with Gasteiger partial charge in [0.05, 0.1) is 15.9 Å². The molecule has 0 fully saturated rings. The monoisotopic (exact) mass is 294 g/mol. The van der Waals surface area contributed by atoms with Gasteiger partial charge in [0.1, 0.15) is 5.82 Å². The summed E-state index contributed by atoms with van der Waals surface area (Å²) >= 11 is 3.17. The predicted octanol–water partition coefficient (Wildman–Crippen LogP) is 3.90. The Balaban J connectivity index is 2.08. The third-order valence-corrected chi connectivity index (χ3v) is 3.08. The van der Waals surface area contributed by atoms with E-state index in [4.69, 9.17) is 0 Å². The van der Waals surface area contributed by atoms with E-state index in [2.05, 4.69) is 26.2 Å². The van der Waals surface area contributed by atoms with E-state index < -0.39 is 0 Å². The smallest absolute Gasteiger partial charge is 0.137 e. The third-order valence-electron chi connectivity index (χ3n) is 2.47. The first-order valence-electron chi connectivity index (χ1n) is 5.26. The molecule has 2 rings (SSSR count). The number of halogens is 2. The molecule has 0 bridgehead atoms. The van der Waals surface area contributed by atoms with E-state index in [1.165, 1.54) is 6.07 Å². The summed E-state index contributed by atoms with van der Waals surface area (Å²) < 4.78 is 13.5. The molecule has 0 aliphatic carbocycles. The first-order chi connectivity index (χ1) is 8.16. The zero-order chi connectivity index (χ0) is 12.3. The summed E-state index contributed by atoms with van der Waals surface area (Å²) in [5.74, 6) is -0.244. The number of anilines is 1. The summed E-state index contributed by atoms with van der Waals surface area (Å²) in [4.78, 5) is 4.19. The Hall–Kier alpha value is -1.42. The van der Waals surface area contributed by atoms with E-state index in [1.54, 1.807) is 18.3 Å². The molecular weight excluding hydrogens is 283 g/mol. The van der Waals surface area contributed by atoms with Gasteiger partial charge in [-0.2, -0.15) is 0 Å². The molecule has 0 saturated carbocycles. The van der Waals surface area contributed by atoms with Crippen LogP contribution >= 0.6 is 15.9 Å². The van der Waals surface area contributed by atoms with E-state index in [0.717, 1.165) is 16.9 Å². The molecule has 2 aromatic rings. The molecule has 0 unspecified atom stereocenters. The molecule has 17 heavy (non-hydrogen) atoms. The van der Waals surface area contributed by atoms with Gasteiger partial charge >= 0.3 is 0 Å². The normalized spacial score (nSPS) is 10.3.